The van der Waals surface area contributed by atoms with Crippen molar-refractivity contribution in [3.05, 3.63) is 18.0 Å². The predicted octanol–water partition coefficient (Wildman–Crippen LogP) is 1.27. The minimum absolute atomic E-state index is 0.204. The Morgan fingerprint density at radius 3 is 2.89 bits per heavy atom. The molecular weight excluding hydrogens is 230 g/mol. The van der Waals surface area contributed by atoms with Crippen molar-refractivity contribution in [1.29, 1.82) is 0 Å². The van der Waals surface area contributed by atoms with Crippen LogP contribution in [0.15, 0.2) is 12.3 Å². The van der Waals surface area contributed by atoms with Gasteiger partial charge in [0.2, 0.25) is 0 Å². The van der Waals surface area contributed by atoms with Crippen molar-refractivity contribution >= 4 is 5.97 Å². The van der Waals surface area contributed by atoms with Crippen LogP contribution in [0.3, 0.4) is 0 Å². The molecule has 5 heteroatoms. The molecule has 2 rings (SSSR count). The highest BCUT2D eigenvalue weighted by atomic mass is 16.5. The van der Waals surface area contributed by atoms with Gasteiger partial charge in [0.1, 0.15) is 5.54 Å². The van der Waals surface area contributed by atoms with Gasteiger partial charge in [-0.1, -0.05) is 0 Å². The van der Waals surface area contributed by atoms with Crippen LogP contribution in [0.1, 0.15) is 32.4 Å². The molecule has 0 amide bonds. The highest BCUT2D eigenvalue weighted by Gasteiger charge is 2.40. The summed E-state index contributed by atoms with van der Waals surface area (Å²) in [5, 5.41) is 7.71. The second-order valence-electron chi connectivity index (χ2n) is 5.13. The molecule has 1 aromatic heterocycles. The van der Waals surface area contributed by atoms with Gasteiger partial charge in [-0.3, -0.25) is 10.00 Å². The third-order valence-corrected chi connectivity index (χ3v) is 3.08. The Balaban J connectivity index is 2.09. The fourth-order valence-corrected chi connectivity index (χ4v) is 2.01. The second kappa shape index (κ2) is 5.10. The standard InChI is InChI=1S/C13H21N3O2/c1-4-18-12(17)13(3,14-11-5-6-11)9-16-8-7-10(2)15-16/h7-8,11,14H,4-6,9H2,1-3H3. The van der Waals surface area contributed by atoms with E-state index in [4.69, 9.17) is 4.74 Å². The summed E-state index contributed by atoms with van der Waals surface area (Å²) in [6.07, 6.45) is 4.15. The van der Waals surface area contributed by atoms with Crippen LogP contribution in [0.5, 0.6) is 0 Å². The summed E-state index contributed by atoms with van der Waals surface area (Å²) >= 11 is 0. The highest BCUT2D eigenvalue weighted by molar-refractivity contribution is 5.80. The predicted molar refractivity (Wildman–Crippen MR) is 68.2 cm³/mol. The van der Waals surface area contributed by atoms with E-state index in [1.54, 1.807) is 4.68 Å². The number of aryl methyl sites for hydroxylation is 1. The molecule has 1 aliphatic rings. The molecule has 0 bridgehead atoms. The third-order valence-electron chi connectivity index (χ3n) is 3.08. The van der Waals surface area contributed by atoms with Crippen molar-refractivity contribution < 1.29 is 9.53 Å². The van der Waals surface area contributed by atoms with E-state index in [1.807, 2.05) is 33.0 Å². The number of nitrogens with one attached hydrogen (secondary N) is 1. The maximum atomic E-state index is 12.1. The Hall–Kier alpha value is -1.36. The average Bonchev–Trinajstić information content (AvgIpc) is 3.01. The number of nitrogens with zero attached hydrogens (tertiary/aromatic N) is 2. The molecule has 1 N–H and O–H groups in total. The van der Waals surface area contributed by atoms with E-state index in [9.17, 15) is 4.79 Å². The van der Waals surface area contributed by atoms with Gasteiger partial charge in [-0.2, -0.15) is 5.10 Å². The Bertz CT molecular complexity index is 426. The van der Waals surface area contributed by atoms with Gasteiger partial charge < -0.3 is 4.74 Å². The maximum Gasteiger partial charge on any atom is 0.327 e. The van der Waals surface area contributed by atoms with Crippen molar-refractivity contribution in [1.82, 2.24) is 15.1 Å². The van der Waals surface area contributed by atoms with Crippen LogP contribution in [0.25, 0.3) is 0 Å². The van der Waals surface area contributed by atoms with Crippen LogP contribution >= 0.6 is 0 Å². The summed E-state index contributed by atoms with van der Waals surface area (Å²) in [6.45, 7) is 6.55. The molecule has 0 saturated heterocycles. The zero-order valence-corrected chi connectivity index (χ0v) is 11.3. The first-order valence-electron chi connectivity index (χ1n) is 6.48. The van der Waals surface area contributed by atoms with E-state index >= 15 is 0 Å². The molecule has 1 atom stereocenters. The van der Waals surface area contributed by atoms with E-state index in [0.717, 1.165) is 18.5 Å². The summed E-state index contributed by atoms with van der Waals surface area (Å²) in [5.41, 5.74) is 0.253. The largest absolute Gasteiger partial charge is 0.465 e. The first-order chi connectivity index (χ1) is 8.53. The van der Waals surface area contributed by atoms with Gasteiger partial charge in [0.25, 0.3) is 0 Å². The number of carbonyl (C=O) groups excluding carboxylic acids is 1. The van der Waals surface area contributed by atoms with Crippen LogP contribution in [0.2, 0.25) is 0 Å². The van der Waals surface area contributed by atoms with Crippen molar-refractivity contribution in [2.45, 2.75) is 51.7 Å². The molecule has 100 valence electrons. The van der Waals surface area contributed by atoms with Crippen LogP contribution < -0.4 is 5.32 Å². The molecule has 0 aliphatic heterocycles. The van der Waals surface area contributed by atoms with Gasteiger partial charge in [0.05, 0.1) is 18.8 Å². The Morgan fingerprint density at radius 2 is 2.39 bits per heavy atom. The third kappa shape index (κ3) is 3.10. The Morgan fingerprint density at radius 1 is 1.67 bits per heavy atom. The summed E-state index contributed by atoms with van der Waals surface area (Å²) in [6, 6.07) is 2.37. The van der Waals surface area contributed by atoms with E-state index in [0.29, 0.717) is 19.2 Å². The maximum absolute atomic E-state index is 12.1. The van der Waals surface area contributed by atoms with E-state index in [-0.39, 0.29) is 5.97 Å². The average molecular weight is 251 g/mol. The van der Waals surface area contributed by atoms with Crippen molar-refractivity contribution in [2.75, 3.05) is 6.61 Å². The first kappa shape index (κ1) is 13.1. The highest BCUT2D eigenvalue weighted by Crippen LogP contribution is 2.24. The van der Waals surface area contributed by atoms with Crippen LogP contribution in [0.4, 0.5) is 0 Å². The van der Waals surface area contributed by atoms with Gasteiger partial charge in [-0.15, -0.1) is 0 Å². The number of rotatable bonds is 6. The minimum atomic E-state index is -0.699. The molecule has 1 aromatic rings. The lowest BCUT2D eigenvalue weighted by Crippen LogP contribution is -2.54. The number of carbonyl (C=O) groups is 1. The molecule has 1 heterocycles. The van der Waals surface area contributed by atoms with Crippen molar-refractivity contribution in [3.63, 3.8) is 0 Å². The summed E-state index contributed by atoms with van der Waals surface area (Å²) < 4.78 is 6.97. The van der Waals surface area contributed by atoms with Gasteiger partial charge >= 0.3 is 5.97 Å². The van der Waals surface area contributed by atoms with Crippen LogP contribution in [-0.2, 0) is 16.1 Å². The summed E-state index contributed by atoms with van der Waals surface area (Å²) in [4.78, 5) is 12.1. The fraction of sp³-hybridized carbons (Fsp3) is 0.692. The van der Waals surface area contributed by atoms with Crippen LogP contribution in [0, 0.1) is 6.92 Å². The van der Waals surface area contributed by atoms with Gasteiger partial charge in [-0.05, 0) is 39.7 Å². The molecule has 0 spiro atoms. The van der Waals surface area contributed by atoms with Crippen LogP contribution in [-0.4, -0.2) is 33.9 Å². The lowest BCUT2D eigenvalue weighted by molar-refractivity contribution is -0.151. The molecule has 0 radical (unpaired) electrons. The molecule has 18 heavy (non-hydrogen) atoms. The number of esters is 1. The zero-order valence-electron chi connectivity index (χ0n) is 11.3. The Labute approximate surface area is 108 Å². The van der Waals surface area contributed by atoms with Gasteiger partial charge in [-0.25, -0.2) is 4.79 Å². The minimum Gasteiger partial charge on any atom is -0.465 e. The number of ether oxygens (including phenoxy) is 1. The monoisotopic (exact) mass is 251 g/mol. The number of hydrogen-bond acceptors (Lipinski definition) is 4. The second-order valence-corrected chi connectivity index (χ2v) is 5.13. The van der Waals surface area contributed by atoms with Gasteiger partial charge in [0.15, 0.2) is 0 Å². The normalized spacial score (nSPS) is 18.4. The molecule has 1 aliphatic carbocycles. The topological polar surface area (TPSA) is 56.2 Å². The molecule has 1 unspecified atom stereocenters. The van der Waals surface area contributed by atoms with Gasteiger partial charge in [0, 0.05) is 12.2 Å². The lowest BCUT2D eigenvalue weighted by Gasteiger charge is -2.28. The van der Waals surface area contributed by atoms with Crippen molar-refractivity contribution in [2.24, 2.45) is 0 Å². The Kier molecular flexibility index (Phi) is 3.71. The van der Waals surface area contributed by atoms with E-state index in [2.05, 4.69) is 10.4 Å². The quantitative estimate of drug-likeness (QED) is 0.773. The SMILES string of the molecule is CCOC(=O)C(C)(Cn1ccc(C)n1)NC1CC1. The molecule has 5 nitrogen and oxygen atoms in total. The zero-order chi connectivity index (χ0) is 13.2. The van der Waals surface area contributed by atoms with E-state index < -0.39 is 5.54 Å². The fourth-order valence-electron chi connectivity index (χ4n) is 2.01. The van der Waals surface area contributed by atoms with Crippen molar-refractivity contribution in [3.8, 4) is 0 Å². The summed E-state index contributed by atoms with van der Waals surface area (Å²) in [7, 11) is 0. The van der Waals surface area contributed by atoms with E-state index in [1.165, 1.54) is 0 Å². The molecule has 1 fully saturated rings. The first-order valence-corrected chi connectivity index (χ1v) is 6.48. The number of hydrogen-bond donors (Lipinski definition) is 1. The lowest BCUT2D eigenvalue weighted by atomic mass is 10.0. The summed E-state index contributed by atoms with van der Waals surface area (Å²) in [5.74, 6) is -0.204. The molecular formula is C13H21N3O2. The smallest absolute Gasteiger partial charge is 0.327 e. The molecule has 0 aromatic carbocycles. The molecule has 1 saturated carbocycles. The number of aromatic nitrogens is 2.